The predicted octanol–water partition coefficient (Wildman–Crippen LogP) is 1.17. The van der Waals surface area contributed by atoms with Crippen molar-refractivity contribution >= 4 is 5.97 Å². The van der Waals surface area contributed by atoms with E-state index in [1.165, 1.54) is 5.56 Å². The van der Waals surface area contributed by atoms with Crippen molar-refractivity contribution in [1.82, 2.24) is 9.80 Å². The minimum atomic E-state index is -1.16. The number of carboxylic acids is 1. The Morgan fingerprint density at radius 3 is 2.67 bits per heavy atom. The monoisotopic (exact) mass is 291 g/mol. The van der Waals surface area contributed by atoms with Crippen LogP contribution in [0.3, 0.4) is 0 Å². The van der Waals surface area contributed by atoms with Gasteiger partial charge >= 0.3 is 5.97 Å². The van der Waals surface area contributed by atoms with E-state index in [2.05, 4.69) is 29.0 Å². The van der Waals surface area contributed by atoms with Gasteiger partial charge in [-0.15, -0.1) is 0 Å². The molecule has 3 N–H and O–H groups in total. The predicted molar refractivity (Wildman–Crippen MR) is 83.1 cm³/mol. The molecular formula is C16H25N3O2. The maximum atomic E-state index is 11.1. The molecule has 0 bridgehead atoms. The highest BCUT2D eigenvalue weighted by atomic mass is 16.4. The van der Waals surface area contributed by atoms with Crippen molar-refractivity contribution < 1.29 is 9.90 Å². The van der Waals surface area contributed by atoms with Gasteiger partial charge in [0, 0.05) is 32.2 Å². The summed E-state index contributed by atoms with van der Waals surface area (Å²) < 4.78 is 0. The van der Waals surface area contributed by atoms with Crippen molar-refractivity contribution in [2.75, 3.05) is 33.2 Å². The molecule has 0 aliphatic carbocycles. The Kier molecular flexibility index (Phi) is 4.98. The molecule has 5 heteroatoms. The Labute approximate surface area is 126 Å². The Balaban J connectivity index is 2.07. The second-order valence-electron chi connectivity index (χ2n) is 6.20. The summed E-state index contributed by atoms with van der Waals surface area (Å²) in [6.07, 6.45) is 0.454. The minimum absolute atomic E-state index is 0.301. The lowest BCUT2D eigenvalue weighted by molar-refractivity contribution is -0.143. The third-order valence-electron chi connectivity index (χ3n) is 4.29. The largest absolute Gasteiger partial charge is 0.480 e. The molecule has 5 nitrogen and oxygen atoms in total. The number of likely N-dealkylation sites (N-methyl/N-ethyl adjacent to an activating group) is 1. The molecule has 1 aliphatic rings. The van der Waals surface area contributed by atoms with Crippen LogP contribution >= 0.6 is 0 Å². The van der Waals surface area contributed by atoms with Gasteiger partial charge in [0.15, 0.2) is 0 Å². The van der Waals surface area contributed by atoms with Crippen molar-refractivity contribution in [3.05, 3.63) is 35.9 Å². The van der Waals surface area contributed by atoms with Gasteiger partial charge < -0.3 is 15.7 Å². The normalized spacial score (nSPS) is 23.7. The molecule has 2 unspecified atom stereocenters. The third kappa shape index (κ3) is 4.03. The van der Waals surface area contributed by atoms with Gasteiger partial charge in [-0.2, -0.15) is 0 Å². The molecule has 1 aromatic carbocycles. The molecule has 0 amide bonds. The van der Waals surface area contributed by atoms with Crippen LogP contribution in [0.25, 0.3) is 0 Å². The highest BCUT2D eigenvalue weighted by Crippen LogP contribution is 2.25. The summed E-state index contributed by atoms with van der Waals surface area (Å²) in [4.78, 5) is 15.8. The number of rotatable bonds is 5. The van der Waals surface area contributed by atoms with Gasteiger partial charge in [-0.1, -0.05) is 30.3 Å². The molecule has 0 spiro atoms. The van der Waals surface area contributed by atoms with Gasteiger partial charge in [0.25, 0.3) is 0 Å². The number of carbonyl (C=O) groups is 1. The SMILES string of the molecule is CN1CCN(CCC(C)(N)C(=O)O)C(c2ccccc2)C1. The number of benzene rings is 1. The number of hydrogen-bond acceptors (Lipinski definition) is 4. The molecule has 1 saturated heterocycles. The van der Waals surface area contributed by atoms with E-state index in [1.54, 1.807) is 6.92 Å². The zero-order chi connectivity index (χ0) is 15.5. The van der Waals surface area contributed by atoms with Crippen LogP contribution < -0.4 is 5.73 Å². The van der Waals surface area contributed by atoms with Crippen molar-refractivity contribution in [2.45, 2.75) is 24.9 Å². The first-order valence-electron chi connectivity index (χ1n) is 7.40. The first kappa shape index (κ1) is 15.9. The standard InChI is InChI=1S/C16H25N3O2/c1-16(17,15(20)21)8-9-19-11-10-18(2)12-14(19)13-6-4-3-5-7-13/h3-7,14H,8-12,17H2,1-2H3,(H,20,21). The fourth-order valence-corrected chi connectivity index (χ4v) is 2.70. The van der Waals surface area contributed by atoms with Crippen molar-refractivity contribution in [2.24, 2.45) is 5.73 Å². The molecule has 0 radical (unpaired) electrons. The second-order valence-corrected chi connectivity index (χ2v) is 6.20. The molecule has 21 heavy (non-hydrogen) atoms. The van der Waals surface area contributed by atoms with Crippen molar-refractivity contribution in [3.8, 4) is 0 Å². The number of nitrogens with zero attached hydrogens (tertiary/aromatic N) is 2. The molecule has 0 aromatic heterocycles. The molecule has 2 rings (SSSR count). The van der Waals surface area contributed by atoms with Crippen LogP contribution in [0.15, 0.2) is 30.3 Å². The molecule has 1 aromatic rings. The molecule has 0 saturated carbocycles. The molecule has 1 heterocycles. The molecule has 116 valence electrons. The second kappa shape index (κ2) is 6.56. The summed E-state index contributed by atoms with van der Waals surface area (Å²) in [5.74, 6) is -0.937. The number of hydrogen-bond donors (Lipinski definition) is 2. The minimum Gasteiger partial charge on any atom is -0.480 e. The zero-order valence-electron chi connectivity index (χ0n) is 12.8. The Bertz CT molecular complexity index is 476. The lowest BCUT2D eigenvalue weighted by Gasteiger charge is -2.41. The number of piperazine rings is 1. The smallest absolute Gasteiger partial charge is 0.323 e. The molecular weight excluding hydrogens is 266 g/mol. The van der Waals surface area contributed by atoms with Gasteiger partial charge in [0.2, 0.25) is 0 Å². The molecule has 1 aliphatic heterocycles. The highest BCUT2D eigenvalue weighted by Gasteiger charge is 2.31. The van der Waals surface area contributed by atoms with Gasteiger partial charge in [-0.3, -0.25) is 9.69 Å². The van der Waals surface area contributed by atoms with Crippen LogP contribution in [0.1, 0.15) is 24.9 Å². The topological polar surface area (TPSA) is 69.8 Å². The van der Waals surface area contributed by atoms with E-state index in [0.717, 1.165) is 19.6 Å². The highest BCUT2D eigenvalue weighted by molar-refractivity contribution is 5.77. The molecule has 1 fully saturated rings. The van der Waals surface area contributed by atoms with Crippen molar-refractivity contribution in [3.63, 3.8) is 0 Å². The third-order valence-corrected chi connectivity index (χ3v) is 4.29. The van der Waals surface area contributed by atoms with Gasteiger partial charge in [0.05, 0.1) is 0 Å². The van der Waals surface area contributed by atoms with Gasteiger partial charge in [-0.05, 0) is 26.0 Å². The lowest BCUT2D eigenvalue weighted by atomic mass is 9.97. The van der Waals surface area contributed by atoms with E-state index in [1.807, 2.05) is 18.2 Å². The molecule has 2 atom stereocenters. The maximum absolute atomic E-state index is 11.1. The fraction of sp³-hybridized carbons (Fsp3) is 0.562. The van der Waals surface area contributed by atoms with E-state index in [9.17, 15) is 4.79 Å². The number of carboxylic acid groups (broad SMARTS) is 1. The summed E-state index contributed by atoms with van der Waals surface area (Å²) in [6, 6.07) is 10.7. The summed E-state index contributed by atoms with van der Waals surface area (Å²) in [5, 5.41) is 9.14. The van der Waals surface area contributed by atoms with Gasteiger partial charge in [-0.25, -0.2) is 0 Å². The zero-order valence-corrected chi connectivity index (χ0v) is 12.8. The summed E-state index contributed by atoms with van der Waals surface area (Å²) in [5.41, 5.74) is 5.97. The van der Waals surface area contributed by atoms with E-state index < -0.39 is 11.5 Å². The Morgan fingerprint density at radius 2 is 2.05 bits per heavy atom. The van der Waals surface area contributed by atoms with Crippen LogP contribution in [-0.4, -0.2) is 59.6 Å². The average molecular weight is 291 g/mol. The number of nitrogens with two attached hydrogens (primary N) is 1. The summed E-state index contributed by atoms with van der Waals surface area (Å²) >= 11 is 0. The fourth-order valence-electron chi connectivity index (χ4n) is 2.70. The van der Waals surface area contributed by atoms with E-state index >= 15 is 0 Å². The number of aliphatic carboxylic acids is 1. The maximum Gasteiger partial charge on any atom is 0.323 e. The summed E-state index contributed by atoms with van der Waals surface area (Å²) in [7, 11) is 2.12. The van der Waals surface area contributed by atoms with Crippen LogP contribution in [0.2, 0.25) is 0 Å². The first-order chi connectivity index (χ1) is 9.90. The summed E-state index contributed by atoms with van der Waals surface area (Å²) in [6.45, 7) is 5.18. The van der Waals surface area contributed by atoms with E-state index in [0.29, 0.717) is 19.0 Å². The van der Waals surface area contributed by atoms with Gasteiger partial charge in [0.1, 0.15) is 5.54 Å². The Hall–Kier alpha value is -1.43. The van der Waals surface area contributed by atoms with Crippen molar-refractivity contribution in [1.29, 1.82) is 0 Å². The first-order valence-corrected chi connectivity index (χ1v) is 7.40. The van der Waals surface area contributed by atoms with Crippen LogP contribution in [0, 0.1) is 0 Å². The van der Waals surface area contributed by atoms with E-state index in [4.69, 9.17) is 10.8 Å². The van der Waals surface area contributed by atoms with Crippen LogP contribution in [0.5, 0.6) is 0 Å². The van der Waals surface area contributed by atoms with E-state index in [-0.39, 0.29) is 0 Å². The quantitative estimate of drug-likeness (QED) is 0.852. The average Bonchev–Trinajstić information content (AvgIpc) is 2.46. The van der Waals surface area contributed by atoms with Crippen LogP contribution in [-0.2, 0) is 4.79 Å². The van der Waals surface area contributed by atoms with Crippen LogP contribution in [0.4, 0.5) is 0 Å². The lowest BCUT2D eigenvalue weighted by Crippen LogP contribution is -2.51. The Morgan fingerprint density at radius 1 is 1.38 bits per heavy atom.